The van der Waals surface area contributed by atoms with Crippen LogP contribution in [-0.2, 0) is 27.9 Å². The number of hydrogen-bond acceptors (Lipinski definition) is 4. The number of hydrogen-bond donors (Lipinski definition) is 1. The number of amides is 1. The van der Waals surface area contributed by atoms with Gasteiger partial charge in [0, 0.05) is 18.1 Å². The molecule has 2 aromatic rings. The number of sulfonamides is 1. The van der Waals surface area contributed by atoms with Crippen molar-refractivity contribution in [3.05, 3.63) is 64.2 Å². The fraction of sp³-hybridized carbons (Fsp3) is 0.435. The molecule has 1 heterocycles. The third kappa shape index (κ3) is 6.69. The summed E-state index contributed by atoms with van der Waals surface area (Å²) in [7, 11) is -3.65. The number of rotatable bonds is 8. The minimum atomic E-state index is -3.65. The molecular weight excluding hydrogens is 434 g/mol. The van der Waals surface area contributed by atoms with Gasteiger partial charge in [-0.05, 0) is 61.7 Å². The molecule has 1 amide bonds. The van der Waals surface area contributed by atoms with Crippen molar-refractivity contribution in [3.8, 4) is 0 Å². The van der Waals surface area contributed by atoms with E-state index in [4.69, 9.17) is 11.6 Å². The van der Waals surface area contributed by atoms with Crippen molar-refractivity contribution < 1.29 is 13.2 Å². The van der Waals surface area contributed by atoms with Gasteiger partial charge in [-0.2, -0.15) is 0 Å². The number of nitrogens with one attached hydrogen (secondary N) is 1. The van der Waals surface area contributed by atoms with Crippen molar-refractivity contribution in [2.75, 3.05) is 30.2 Å². The lowest BCUT2D eigenvalue weighted by Gasteiger charge is -2.26. The van der Waals surface area contributed by atoms with E-state index in [1.807, 2.05) is 12.1 Å². The summed E-state index contributed by atoms with van der Waals surface area (Å²) in [6, 6.07) is 13.2. The summed E-state index contributed by atoms with van der Waals surface area (Å²) in [5.41, 5.74) is 3.26. The van der Waals surface area contributed by atoms with Gasteiger partial charge in [0.25, 0.3) is 0 Å². The second-order valence-corrected chi connectivity index (χ2v) is 10.4. The van der Waals surface area contributed by atoms with E-state index in [1.165, 1.54) is 24.8 Å². The van der Waals surface area contributed by atoms with E-state index >= 15 is 0 Å². The summed E-state index contributed by atoms with van der Waals surface area (Å²) in [5, 5.41) is 3.27. The molecule has 0 saturated carbocycles. The Bertz CT molecular complexity index is 1000. The zero-order valence-corrected chi connectivity index (χ0v) is 19.7. The van der Waals surface area contributed by atoms with Crippen LogP contribution in [0.25, 0.3) is 0 Å². The molecular formula is C23H30ClN3O3S. The molecule has 1 aliphatic heterocycles. The standard InChI is InChI=1S/C23H30ClN3O3S/c1-18-21(24)7-6-8-22(18)27(31(2,29)30)17-23(28)25-15-19-9-11-20(12-10-19)16-26-13-4-3-5-14-26/h6-12H,3-5,13-17H2,1-2H3,(H,25,28). The molecule has 0 atom stereocenters. The Kier molecular flexibility index (Phi) is 7.97. The number of carbonyl (C=O) groups excluding carboxylic acids is 1. The second kappa shape index (κ2) is 10.5. The third-order valence-electron chi connectivity index (χ3n) is 5.56. The van der Waals surface area contributed by atoms with Crippen molar-refractivity contribution in [1.29, 1.82) is 0 Å². The fourth-order valence-electron chi connectivity index (χ4n) is 3.77. The maximum Gasteiger partial charge on any atom is 0.241 e. The first kappa shape index (κ1) is 23.6. The lowest BCUT2D eigenvalue weighted by molar-refractivity contribution is -0.119. The van der Waals surface area contributed by atoms with Gasteiger partial charge in [0.1, 0.15) is 6.54 Å². The SMILES string of the molecule is Cc1c(Cl)cccc1N(CC(=O)NCc1ccc(CN2CCCCC2)cc1)S(C)(=O)=O. The van der Waals surface area contributed by atoms with E-state index in [9.17, 15) is 13.2 Å². The smallest absolute Gasteiger partial charge is 0.241 e. The zero-order valence-electron chi connectivity index (χ0n) is 18.1. The number of benzene rings is 2. The summed E-state index contributed by atoms with van der Waals surface area (Å²) in [5.74, 6) is -0.373. The van der Waals surface area contributed by atoms with Crippen LogP contribution >= 0.6 is 11.6 Å². The Morgan fingerprint density at radius 1 is 1.06 bits per heavy atom. The first-order chi connectivity index (χ1) is 14.7. The predicted octanol–water partition coefficient (Wildman–Crippen LogP) is 3.72. The Hall–Kier alpha value is -2.09. The van der Waals surface area contributed by atoms with E-state index in [-0.39, 0.29) is 12.5 Å². The van der Waals surface area contributed by atoms with Crippen molar-refractivity contribution in [2.45, 2.75) is 39.3 Å². The molecule has 3 rings (SSSR count). The molecule has 31 heavy (non-hydrogen) atoms. The number of anilines is 1. The van der Waals surface area contributed by atoms with Gasteiger partial charge in [-0.15, -0.1) is 0 Å². The van der Waals surface area contributed by atoms with Gasteiger partial charge in [-0.1, -0.05) is 48.4 Å². The van der Waals surface area contributed by atoms with Crippen LogP contribution in [0.3, 0.4) is 0 Å². The molecule has 8 heteroatoms. The van der Waals surface area contributed by atoms with Gasteiger partial charge in [0.2, 0.25) is 15.9 Å². The molecule has 0 spiro atoms. The van der Waals surface area contributed by atoms with Crippen LogP contribution in [0.2, 0.25) is 5.02 Å². The number of carbonyl (C=O) groups is 1. The predicted molar refractivity (Wildman–Crippen MR) is 126 cm³/mol. The highest BCUT2D eigenvalue weighted by atomic mass is 35.5. The maximum atomic E-state index is 12.5. The highest BCUT2D eigenvalue weighted by Gasteiger charge is 2.23. The van der Waals surface area contributed by atoms with Gasteiger partial charge < -0.3 is 5.32 Å². The molecule has 0 unspecified atom stereocenters. The normalized spacial score (nSPS) is 14.9. The Balaban J connectivity index is 1.58. The van der Waals surface area contributed by atoms with Crippen LogP contribution in [-0.4, -0.2) is 45.1 Å². The quantitative estimate of drug-likeness (QED) is 0.647. The minimum Gasteiger partial charge on any atom is -0.350 e. The van der Waals surface area contributed by atoms with Crippen molar-refractivity contribution in [3.63, 3.8) is 0 Å². The number of likely N-dealkylation sites (tertiary alicyclic amines) is 1. The summed E-state index contributed by atoms with van der Waals surface area (Å²) in [6.45, 7) is 5.04. The van der Waals surface area contributed by atoms with Crippen LogP contribution < -0.4 is 9.62 Å². The average Bonchev–Trinajstić information content (AvgIpc) is 2.74. The minimum absolute atomic E-state index is 0.299. The molecule has 1 N–H and O–H groups in total. The molecule has 0 radical (unpaired) electrons. The first-order valence-electron chi connectivity index (χ1n) is 10.5. The molecule has 1 saturated heterocycles. The fourth-order valence-corrected chi connectivity index (χ4v) is 4.85. The Morgan fingerprint density at radius 2 is 1.71 bits per heavy atom. The van der Waals surface area contributed by atoms with Crippen molar-refractivity contribution in [2.24, 2.45) is 0 Å². The first-order valence-corrected chi connectivity index (χ1v) is 12.8. The summed E-state index contributed by atoms with van der Waals surface area (Å²) in [6.07, 6.45) is 4.94. The summed E-state index contributed by atoms with van der Waals surface area (Å²) in [4.78, 5) is 15.0. The summed E-state index contributed by atoms with van der Waals surface area (Å²) >= 11 is 6.13. The van der Waals surface area contributed by atoms with Gasteiger partial charge >= 0.3 is 0 Å². The number of halogens is 1. The number of piperidine rings is 1. The van der Waals surface area contributed by atoms with E-state index in [0.717, 1.165) is 35.8 Å². The zero-order chi connectivity index (χ0) is 22.4. The molecule has 1 fully saturated rings. The van der Waals surface area contributed by atoms with Crippen molar-refractivity contribution >= 4 is 33.2 Å². The van der Waals surface area contributed by atoms with Gasteiger partial charge in [-0.3, -0.25) is 14.0 Å². The molecule has 0 aliphatic carbocycles. The van der Waals surface area contributed by atoms with E-state index in [2.05, 4.69) is 22.3 Å². The van der Waals surface area contributed by atoms with Crippen LogP contribution in [0.4, 0.5) is 5.69 Å². The van der Waals surface area contributed by atoms with Gasteiger partial charge in [0.15, 0.2) is 0 Å². The monoisotopic (exact) mass is 463 g/mol. The lowest BCUT2D eigenvalue weighted by atomic mass is 10.1. The third-order valence-corrected chi connectivity index (χ3v) is 7.10. The second-order valence-electron chi connectivity index (χ2n) is 8.08. The topological polar surface area (TPSA) is 69.7 Å². The highest BCUT2D eigenvalue weighted by Crippen LogP contribution is 2.28. The van der Waals surface area contributed by atoms with Gasteiger partial charge in [-0.25, -0.2) is 8.42 Å². The van der Waals surface area contributed by atoms with E-state index in [1.54, 1.807) is 25.1 Å². The Morgan fingerprint density at radius 3 is 2.35 bits per heavy atom. The molecule has 0 aromatic heterocycles. The molecule has 2 aromatic carbocycles. The average molecular weight is 464 g/mol. The molecule has 1 aliphatic rings. The van der Waals surface area contributed by atoms with Crippen LogP contribution in [0, 0.1) is 6.92 Å². The molecule has 6 nitrogen and oxygen atoms in total. The highest BCUT2D eigenvalue weighted by molar-refractivity contribution is 7.92. The maximum absolute atomic E-state index is 12.5. The largest absolute Gasteiger partial charge is 0.350 e. The summed E-state index contributed by atoms with van der Waals surface area (Å²) < 4.78 is 25.7. The lowest BCUT2D eigenvalue weighted by Crippen LogP contribution is -2.40. The van der Waals surface area contributed by atoms with Crippen LogP contribution in [0.15, 0.2) is 42.5 Å². The van der Waals surface area contributed by atoms with Crippen LogP contribution in [0.1, 0.15) is 36.0 Å². The molecule has 168 valence electrons. The van der Waals surface area contributed by atoms with Crippen LogP contribution in [0.5, 0.6) is 0 Å². The van der Waals surface area contributed by atoms with E-state index < -0.39 is 10.0 Å². The van der Waals surface area contributed by atoms with E-state index in [0.29, 0.717) is 22.8 Å². The van der Waals surface area contributed by atoms with Gasteiger partial charge in [0.05, 0.1) is 11.9 Å². The molecule has 0 bridgehead atoms. The number of nitrogens with zero attached hydrogens (tertiary/aromatic N) is 2. The van der Waals surface area contributed by atoms with Crippen molar-refractivity contribution in [1.82, 2.24) is 10.2 Å². The Labute approximate surface area is 190 Å².